The minimum atomic E-state index is -0.402. The van der Waals surface area contributed by atoms with E-state index in [2.05, 4.69) is 15.2 Å². The van der Waals surface area contributed by atoms with Crippen LogP contribution in [-0.2, 0) is 0 Å². The predicted molar refractivity (Wildman–Crippen MR) is 91.4 cm³/mol. The second-order valence-corrected chi connectivity index (χ2v) is 5.56. The Morgan fingerprint density at radius 1 is 1.30 bits per heavy atom. The summed E-state index contributed by atoms with van der Waals surface area (Å²) in [6, 6.07) is 7.18. The average Bonchev–Trinajstić information content (AvgIpc) is 2.54. The number of ether oxygens (including phenoxy) is 1. The molecule has 23 heavy (non-hydrogen) atoms. The summed E-state index contributed by atoms with van der Waals surface area (Å²) >= 11 is 0. The van der Waals surface area contributed by atoms with Crippen LogP contribution in [-0.4, -0.2) is 44.2 Å². The summed E-state index contributed by atoms with van der Waals surface area (Å²) < 4.78 is 10.6. The van der Waals surface area contributed by atoms with Crippen molar-refractivity contribution in [1.29, 1.82) is 0 Å². The smallest absolute Gasteiger partial charge is 0.347 e. The van der Waals surface area contributed by atoms with Crippen molar-refractivity contribution < 1.29 is 9.15 Å². The zero-order valence-corrected chi connectivity index (χ0v) is 13.4. The summed E-state index contributed by atoms with van der Waals surface area (Å²) in [6.45, 7) is 1.59. The second kappa shape index (κ2) is 6.26. The number of nitrogens with zero attached hydrogens (tertiary/aromatic N) is 2. The summed E-state index contributed by atoms with van der Waals surface area (Å²) in [7, 11) is 5.58. The fraction of sp³-hybridized carbons (Fsp3) is 0.294. The summed E-state index contributed by atoms with van der Waals surface area (Å²) in [6.07, 6.45) is 1.70. The Bertz CT molecular complexity index is 903. The van der Waals surface area contributed by atoms with E-state index in [0.717, 1.165) is 24.2 Å². The minimum Gasteiger partial charge on any atom is -0.497 e. The molecule has 0 radical (unpaired) electrons. The normalized spacial score (nSPS) is 11.3. The van der Waals surface area contributed by atoms with Gasteiger partial charge in [0, 0.05) is 30.7 Å². The zero-order valence-electron chi connectivity index (χ0n) is 13.4. The number of nitrogens with one attached hydrogen (secondary N) is 1. The number of fused-ring (bicyclic) bond motifs is 3. The molecule has 120 valence electrons. The van der Waals surface area contributed by atoms with Crippen molar-refractivity contribution in [2.24, 2.45) is 0 Å². The molecule has 0 saturated heterocycles. The van der Waals surface area contributed by atoms with E-state index < -0.39 is 5.63 Å². The van der Waals surface area contributed by atoms with Crippen LogP contribution in [0.2, 0.25) is 0 Å². The first kappa shape index (κ1) is 15.3. The van der Waals surface area contributed by atoms with E-state index >= 15 is 0 Å². The lowest BCUT2D eigenvalue weighted by Gasteiger charge is -2.13. The fourth-order valence-electron chi connectivity index (χ4n) is 2.49. The van der Waals surface area contributed by atoms with Gasteiger partial charge in [0.1, 0.15) is 16.7 Å². The molecular formula is C17H19N3O3. The van der Waals surface area contributed by atoms with E-state index in [4.69, 9.17) is 9.15 Å². The van der Waals surface area contributed by atoms with Crippen molar-refractivity contribution in [3.05, 3.63) is 40.9 Å². The Balaban J connectivity index is 2.14. The van der Waals surface area contributed by atoms with Crippen LogP contribution >= 0.6 is 0 Å². The lowest BCUT2D eigenvalue weighted by atomic mass is 10.1. The highest BCUT2D eigenvalue weighted by Crippen LogP contribution is 2.28. The fourth-order valence-corrected chi connectivity index (χ4v) is 2.49. The van der Waals surface area contributed by atoms with Gasteiger partial charge in [0.2, 0.25) is 0 Å². The number of hydrogen-bond donors (Lipinski definition) is 1. The number of likely N-dealkylation sites (N-methyl/N-ethyl adjacent to an activating group) is 1. The first-order valence-electron chi connectivity index (χ1n) is 7.38. The van der Waals surface area contributed by atoms with Gasteiger partial charge in [-0.25, -0.2) is 4.79 Å². The molecule has 2 heterocycles. The van der Waals surface area contributed by atoms with E-state index in [1.807, 2.05) is 26.2 Å². The van der Waals surface area contributed by atoms with Gasteiger partial charge in [-0.1, -0.05) is 0 Å². The molecule has 3 aromatic rings. The standard InChI is InChI=1S/C17H19N3O3/c1-20(2)9-8-18-13-6-7-19-16-12-5-4-11(22-3)10-14(12)23-17(21)15(13)16/h4-7,10H,8-9H2,1-3H3,(H,18,19). The second-order valence-electron chi connectivity index (χ2n) is 5.56. The monoisotopic (exact) mass is 313 g/mol. The van der Waals surface area contributed by atoms with Crippen LogP contribution < -0.4 is 15.7 Å². The summed E-state index contributed by atoms with van der Waals surface area (Å²) in [5.74, 6) is 0.639. The van der Waals surface area contributed by atoms with Crippen molar-refractivity contribution in [2.45, 2.75) is 0 Å². The lowest BCUT2D eigenvalue weighted by molar-refractivity contribution is 0.414. The quantitative estimate of drug-likeness (QED) is 0.576. The van der Waals surface area contributed by atoms with Crippen LogP contribution in [0.5, 0.6) is 5.75 Å². The van der Waals surface area contributed by atoms with E-state index in [1.165, 1.54) is 0 Å². The first-order valence-corrected chi connectivity index (χ1v) is 7.38. The Hall–Kier alpha value is -2.60. The Morgan fingerprint density at radius 2 is 2.13 bits per heavy atom. The number of aromatic nitrogens is 1. The third-order valence-electron chi connectivity index (χ3n) is 3.68. The van der Waals surface area contributed by atoms with E-state index in [0.29, 0.717) is 22.2 Å². The highest BCUT2D eigenvalue weighted by molar-refractivity contribution is 6.06. The van der Waals surface area contributed by atoms with Gasteiger partial charge in [-0.3, -0.25) is 4.98 Å². The van der Waals surface area contributed by atoms with Crippen molar-refractivity contribution in [3.63, 3.8) is 0 Å². The van der Waals surface area contributed by atoms with Gasteiger partial charge in [0.05, 0.1) is 18.3 Å². The van der Waals surface area contributed by atoms with E-state index in [-0.39, 0.29) is 0 Å². The maximum Gasteiger partial charge on any atom is 0.347 e. The van der Waals surface area contributed by atoms with Crippen LogP contribution in [0, 0.1) is 0 Å². The Kier molecular flexibility index (Phi) is 4.16. The average molecular weight is 313 g/mol. The number of rotatable bonds is 5. The molecule has 1 aromatic carbocycles. The van der Waals surface area contributed by atoms with Gasteiger partial charge in [-0.15, -0.1) is 0 Å². The molecule has 6 nitrogen and oxygen atoms in total. The molecular weight excluding hydrogens is 294 g/mol. The molecule has 0 unspecified atom stereocenters. The SMILES string of the molecule is COc1ccc2c(c1)oc(=O)c1c(NCCN(C)C)ccnc12. The molecule has 0 atom stereocenters. The third-order valence-corrected chi connectivity index (χ3v) is 3.68. The number of benzene rings is 1. The van der Waals surface area contributed by atoms with Gasteiger partial charge < -0.3 is 19.4 Å². The molecule has 2 aromatic heterocycles. The topological polar surface area (TPSA) is 67.6 Å². The van der Waals surface area contributed by atoms with Crippen LogP contribution in [0.1, 0.15) is 0 Å². The molecule has 0 spiro atoms. The lowest BCUT2D eigenvalue weighted by Crippen LogP contribution is -2.21. The molecule has 0 saturated carbocycles. The summed E-state index contributed by atoms with van der Waals surface area (Å²) in [5, 5.41) is 4.55. The Morgan fingerprint density at radius 3 is 2.87 bits per heavy atom. The molecule has 0 amide bonds. The highest BCUT2D eigenvalue weighted by atomic mass is 16.5. The number of anilines is 1. The van der Waals surface area contributed by atoms with Crippen LogP contribution in [0.4, 0.5) is 5.69 Å². The predicted octanol–water partition coefficient (Wildman–Crippen LogP) is 2.32. The van der Waals surface area contributed by atoms with Crippen molar-refractivity contribution in [3.8, 4) is 5.75 Å². The molecule has 1 N–H and O–H groups in total. The summed E-state index contributed by atoms with van der Waals surface area (Å²) in [5.41, 5.74) is 1.44. The molecule has 0 aliphatic carbocycles. The van der Waals surface area contributed by atoms with Crippen molar-refractivity contribution >= 4 is 27.6 Å². The largest absolute Gasteiger partial charge is 0.497 e. The van der Waals surface area contributed by atoms with Gasteiger partial charge >= 0.3 is 5.63 Å². The molecule has 3 rings (SSSR count). The number of pyridine rings is 1. The van der Waals surface area contributed by atoms with Gasteiger partial charge in [0.15, 0.2) is 0 Å². The molecule has 0 bridgehead atoms. The first-order chi connectivity index (χ1) is 11.1. The zero-order chi connectivity index (χ0) is 16.4. The minimum absolute atomic E-state index is 0.402. The molecule has 0 aliphatic heterocycles. The van der Waals surface area contributed by atoms with Crippen LogP contribution in [0.3, 0.4) is 0 Å². The van der Waals surface area contributed by atoms with Crippen molar-refractivity contribution in [1.82, 2.24) is 9.88 Å². The van der Waals surface area contributed by atoms with Crippen LogP contribution in [0.25, 0.3) is 21.9 Å². The van der Waals surface area contributed by atoms with E-state index in [9.17, 15) is 4.79 Å². The molecule has 0 aliphatic rings. The molecule has 0 fully saturated rings. The summed E-state index contributed by atoms with van der Waals surface area (Å²) in [4.78, 5) is 18.9. The van der Waals surface area contributed by atoms with Gasteiger partial charge in [0.25, 0.3) is 0 Å². The molecule has 6 heteroatoms. The van der Waals surface area contributed by atoms with Crippen LogP contribution in [0.15, 0.2) is 39.7 Å². The van der Waals surface area contributed by atoms with E-state index in [1.54, 1.807) is 25.4 Å². The van der Waals surface area contributed by atoms with Gasteiger partial charge in [-0.05, 0) is 32.3 Å². The van der Waals surface area contributed by atoms with Gasteiger partial charge in [-0.2, -0.15) is 0 Å². The van der Waals surface area contributed by atoms with Crippen molar-refractivity contribution in [2.75, 3.05) is 39.6 Å². The maximum absolute atomic E-state index is 12.4. The highest BCUT2D eigenvalue weighted by Gasteiger charge is 2.13. The Labute approximate surface area is 133 Å². The third kappa shape index (κ3) is 2.98. The number of methoxy groups -OCH3 is 1. The maximum atomic E-state index is 12.4. The number of hydrogen-bond acceptors (Lipinski definition) is 6.